The molecule has 8 nitrogen and oxygen atoms in total. The van der Waals surface area contributed by atoms with Gasteiger partial charge in [-0.2, -0.15) is 16.9 Å². The minimum Gasteiger partial charge on any atom is -0.359 e. The number of imide groups is 1. The van der Waals surface area contributed by atoms with Crippen LogP contribution in [0, 0.1) is 0 Å². The first-order valence-electron chi connectivity index (χ1n) is 7.24. The van der Waals surface area contributed by atoms with Crippen LogP contribution < -0.4 is 5.32 Å². The Balaban J connectivity index is 1.53. The zero-order valence-electron chi connectivity index (χ0n) is 12.5. The first-order chi connectivity index (χ1) is 11.1. The molecule has 0 aliphatic carbocycles. The third-order valence-corrected chi connectivity index (χ3v) is 5.33. The van der Waals surface area contributed by atoms with Gasteiger partial charge in [-0.05, 0) is 12.2 Å². The monoisotopic (exact) mass is 333 g/mol. The number of aryl methyl sites for hydroxylation is 1. The maximum Gasteiger partial charge on any atom is 0.325 e. The predicted octanol–water partition coefficient (Wildman–Crippen LogP) is 1.00. The summed E-state index contributed by atoms with van der Waals surface area (Å²) in [7, 11) is 1.82. The third-order valence-electron chi connectivity index (χ3n) is 4.14. The second-order valence-corrected chi connectivity index (χ2v) is 6.89. The summed E-state index contributed by atoms with van der Waals surface area (Å²) < 4.78 is 6.94. The van der Waals surface area contributed by atoms with Crippen LogP contribution in [0.15, 0.2) is 23.0 Å². The number of thioether (sulfide) groups is 1. The molecule has 0 saturated carbocycles. The van der Waals surface area contributed by atoms with Gasteiger partial charge in [-0.25, -0.2) is 4.79 Å². The smallest absolute Gasteiger partial charge is 0.325 e. The quantitative estimate of drug-likeness (QED) is 0.843. The van der Waals surface area contributed by atoms with Crippen LogP contribution in [0.2, 0.25) is 0 Å². The maximum absolute atomic E-state index is 12.6. The molecule has 0 radical (unpaired) electrons. The van der Waals surface area contributed by atoms with Gasteiger partial charge in [-0.15, -0.1) is 0 Å². The van der Waals surface area contributed by atoms with Gasteiger partial charge >= 0.3 is 6.03 Å². The van der Waals surface area contributed by atoms with Crippen LogP contribution in [0.3, 0.4) is 0 Å². The van der Waals surface area contributed by atoms with Crippen LogP contribution in [-0.2, 0) is 18.4 Å². The summed E-state index contributed by atoms with van der Waals surface area (Å²) in [5.41, 5.74) is 0.725. The van der Waals surface area contributed by atoms with Crippen molar-refractivity contribution in [1.29, 1.82) is 0 Å². The van der Waals surface area contributed by atoms with Gasteiger partial charge in [0.15, 0.2) is 5.76 Å². The Kier molecular flexibility index (Phi) is 3.19. The first-order valence-corrected chi connectivity index (χ1v) is 8.39. The SMILES string of the molecule is Cn1cc(-c2cc(CN3C(=O)N[C@]4(CCSC4)C3=O)on2)cn1. The van der Waals surface area contributed by atoms with Crippen LogP contribution >= 0.6 is 11.8 Å². The topological polar surface area (TPSA) is 93.3 Å². The first kappa shape index (κ1) is 14.3. The molecule has 3 amide bonds. The summed E-state index contributed by atoms with van der Waals surface area (Å²) in [6.45, 7) is 0.0876. The fourth-order valence-corrected chi connectivity index (χ4v) is 4.21. The van der Waals surface area contributed by atoms with E-state index >= 15 is 0 Å². The Morgan fingerprint density at radius 1 is 1.48 bits per heavy atom. The molecular weight excluding hydrogens is 318 g/mol. The van der Waals surface area contributed by atoms with E-state index in [2.05, 4.69) is 15.6 Å². The molecule has 2 aliphatic rings. The van der Waals surface area contributed by atoms with Crippen LogP contribution in [0.25, 0.3) is 11.3 Å². The molecule has 2 aliphatic heterocycles. The average Bonchev–Trinajstić information content (AvgIpc) is 3.26. The molecule has 0 bridgehead atoms. The summed E-state index contributed by atoms with van der Waals surface area (Å²) in [6.07, 6.45) is 4.18. The molecule has 0 unspecified atom stereocenters. The Morgan fingerprint density at radius 3 is 3.04 bits per heavy atom. The molecule has 23 heavy (non-hydrogen) atoms. The Bertz CT molecular complexity index is 777. The van der Waals surface area contributed by atoms with Crippen molar-refractivity contribution in [2.75, 3.05) is 11.5 Å². The number of amides is 3. The van der Waals surface area contributed by atoms with E-state index in [-0.39, 0.29) is 18.5 Å². The second kappa shape index (κ2) is 5.12. The minimum absolute atomic E-state index is 0.0876. The molecule has 2 aromatic heterocycles. The second-order valence-electron chi connectivity index (χ2n) is 5.79. The van der Waals surface area contributed by atoms with E-state index < -0.39 is 5.54 Å². The number of aromatic nitrogens is 3. The number of nitrogens with one attached hydrogen (secondary N) is 1. The van der Waals surface area contributed by atoms with Crippen molar-refractivity contribution >= 4 is 23.7 Å². The largest absolute Gasteiger partial charge is 0.359 e. The highest BCUT2D eigenvalue weighted by molar-refractivity contribution is 7.99. The van der Waals surface area contributed by atoms with Crippen LogP contribution in [-0.4, -0.2) is 48.8 Å². The van der Waals surface area contributed by atoms with Gasteiger partial charge in [0.1, 0.15) is 11.2 Å². The van der Waals surface area contributed by atoms with Crippen LogP contribution in [0.1, 0.15) is 12.2 Å². The van der Waals surface area contributed by atoms with Crippen molar-refractivity contribution in [1.82, 2.24) is 25.2 Å². The van der Waals surface area contributed by atoms with E-state index in [0.717, 1.165) is 11.3 Å². The van der Waals surface area contributed by atoms with Crippen molar-refractivity contribution in [3.8, 4) is 11.3 Å². The molecule has 1 atom stereocenters. The molecule has 1 spiro atoms. The number of nitrogens with zero attached hydrogens (tertiary/aromatic N) is 4. The molecule has 2 saturated heterocycles. The van der Waals surface area contributed by atoms with E-state index in [0.29, 0.717) is 23.6 Å². The number of urea groups is 1. The van der Waals surface area contributed by atoms with Gasteiger partial charge in [-0.1, -0.05) is 5.16 Å². The summed E-state index contributed by atoms with van der Waals surface area (Å²) in [5.74, 6) is 1.81. The minimum atomic E-state index is -0.728. The average molecular weight is 333 g/mol. The van der Waals surface area contributed by atoms with E-state index in [4.69, 9.17) is 4.52 Å². The van der Waals surface area contributed by atoms with Crippen LogP contribution in [0.5, 0.6) is 0 Å². The summed E-state index contributed by atoms with van der Waals surface area (Å²) in [5, 5.41) is 10.9. The zero-order chi connectivity index (χ0) is 16.0. The predicted molar refractivity (Wildman–Crippen MR) is 82.5 cm³/mol. The highest BCUT2D eigenvalue weighted by Crippen LogP contribution is 2.34. The summed E-state index contributed by atoms with van der Waals surface area (Å²) >= 11 is 1.68. The summed E-state index contributed by atoms with van der Waals surface area (Å²) in [6, 6.07) is 1.36. The number of hydrogen-bond acceptors (Lipinski definition) is 6. The van der Waals surface area contributed by atoms with Gasteiger partial charge in [0, 0.05) is 30.6 Å². The molecule has 9 heteroatoms. The number of carbonyl (C=O) groups excluding carboxylic acids is 2. The number of carbonyl (C=O) groups is 2. The van der Waals surface area contributed by atoms with Gasteiger partial charge in [-0.3, -0.25) is 14.4 Å². The molecule has 0 aromatic carbocycles. The van der Waals surface area contributed by atoms with Gasteiger partial charge < -0.3 is 9.84 Å². The number of rotatable bonds is 3. The molecule has 4 rings (SSSR count). The van der Waals surface area contributed by atoms with Crippen molar-refractivity contribution in [3.05, 3.63) is 24.2 Å². The normalized spacial score (nSPS) is 24.0. The van der Waals surface area contributed by atoms with Gasteiger partial charge in [0.05, 0.1) is 12.7 Å². The highest BCUT2D eigenvalue weighted by atomic mass is 32.2. The van der Waals surface area contributed by atoms with Crippen molar-refractivity contribution < 1.29 is 14.1 Å². The Labute approximate surface area is 136 Å². The lowest BCUT2D eigenvalue weighted by Gasteiger charge is -2.18. The molecule has 2 aromatic rings. The van der Waals surface area contributed by atoms with E-state index in [9.17, 15) is 9.59 Å². The van der Waals surface area contributed by atoms with E-state index in [1.54, 1.807) is 28.7 Å². The third kappa shape index (κ3) is 2.31. The fourth-order valence-electron chi connectivity index (χ4n) is 2.88. The van der Waals surface area contributed by atoms with Gasteiger partial charge in [0.25, 0.3) is 5.91 Å². The standard InChI is InChI=1S/C14H15N5O3S/c1-18-6-9(5-15-18)11-4-10(22-17-11)7-19-12(20)14(16-13(19)21)2-3-23-8-14/h4-6H,2-3,7-8H2,1H3,(H,16,21)/t14-/m0/s1. The highest BCUT2D eigenvalue weighted by Gasteiger charge is 2.53. The van der Waals surface area contributed by atoms with Crippen molar-refractivity contribution in [2.45, 2.75) is 18.5 Å². The zero-order valence-corrected chi connectivity index (χ0v) is 13.3. The van der Waals surface area contributed by atoms with E-state index in [1.807, 2.05) is 13.2 Å². The van der Waals surface area contributed by atoms with Gasteiger partial charge in [0.2, 0.25) is 0 Å². The molecule has 120 valence electrons. The lowest BCUT2D eigenvalue weighted by Crippen LogP contribution is -2.46. The molecule has 4 heterocycles. The number of hydrogen-bond donors (Lipinski definition) is 1. The lowest BCUT2D eigenvalue weighted by molar-refractivity contribution is -0.131. The Hall–Kier alpha value is -2.29. The van der Waals surface area contributed by atoms with E-state index in [1.165, 1.54) is 4.90 Å². The fraction of sp³-hybridized carbons (Fsp3) is 0.429. The van der Waals surface area contributed by atoms with Crippen molar-refractivity contribution in [3.63, 3.8) is 0 Å². The maximum atomic E-state index is 12.6. The van der Waals surface area contributed by atoms with Crippen molar-refractivity contribution in [2.24, 2.45) is 7.05 Å². The summed E-state index contributed by atoms with van der Waals surface area (Å²) in [4.78, 5) is 25.9. The van der Waals surface area contributed by atoms with Crippen LogP contribution in [0.4, 0.5) is 4.79 Å². The Morgan fingerprint density at radius 2 is 2.35 bits per heavy atom. The lowest BCUT2D eigenvalue weighted by atomic mass is 9.99. The molecular formula is C14H15N5O3S. The molecule has 2 fully saturated rings. The molecule has 1 N–H and O–H groups in total.